The van der Waals surface area contributed by atoms with Gasteiger partial charge in [-0.05, 0) is 90.4 Å². The van der Waals surface area contributed by atoms with Gasteiger partial charge in [0.05, 0.1) is 35.0 Å². The van der Waals surface area contributed by atoms with Crippen LogP contribution in [0.2, 0.25) is 0 Å². The molecule has 0 heterocycles. The van der Waals surface area contributed by atoms with Crippen molar-refractivity contribution in [3.63, 3.8) is 0 Å². The maximum atomic E-state index is 11.1. The van der Waals surface area contributed by atoms with Gasteiger partial charge < -0.3 is 19.8 Å². The number of carboxylic acids is 2. The molecule has 24 heteroatoms. The van der Waals surface area contributed by atoms with Gasteiger partial charge in [0.2, 0.25) is 0 Å². The first-order chi connectivity index (χ1) is 20.9. The summed E-state index contributed by atoms with van der Waals surface area (Å²) < 4.78 is 120. The molecule has 0 aromatic heterocycles. The third kappa shape index (κ3) is 34.9. The molecule has 18 nitrogen and oxygen atoms in total. The summed E-state index contributed by atoms with van der Waals surface area (Å²) in [6.07, 6.45) is 2.77. The predicted octanol–water partition coefficient (Wildman–Crippen LogP) is -7.69. The zero-order valence-corrected chi connectivity index (χ0v) is 35.4. The van der Waals surface area contributed by atoms with Crippen molar-refractivity contribution in [2.45, 2.75) is 90.1 Å². The van der Waals surface area contributed by atoms with Crippen LogP contribution < -0.4 is 69.3 Å². The van der Waals surface area contributed by atoms with Gasteiger partial charge in [0.15, 0.2) is 0 Å². The molecule has 0 aromatic carbocycles. The topological polar surface area (TPSA) is 304 Å². The number of unbranched alkanes of at least 4 members (excludes halogenated alkanes) is 4. The standard InChI is InChI=1S/2C12H25NO8S2.2Na/c2*1-2-11(12(14)15)13(7-3-5-9-22(16,17)18)8-4-6-10-23(19,20)21;;/h2*11H,2-10H2,1H3,(H,14,15)(H,16,17,18)(H,19,20,21);;/q;;2*+1/p-2/t2*11-;;/m00../s1. The van der Waals surface area contributed by atoms with E-state index in [1.54, 1.807) is 23.6 Å². The number of hydrogen-bond donors (Lipinski definition) is 4. The van der Waals surface area contributed by atoms with Crippen LogP contribution in [0.1, 0.15) is 78.1 Å². The van der Waals surface area contributed by atoms with Gasteiger partial charge in [0, 0.05) is 12.1 Å². The van der Waals surface area contributed by atoms with E-state index in [4.69, 9.17) is 18.2 Å². The molecule has 0 saturated heterocycles. The van der Waals surface area contributed by atoms with Crippen LogP contribution in [0, 0.1) is 0 Å². The molecular formula is C24H48N2Na2O16S4. The van der Waals surface area contributed by atoms with E-state index in [0.29, 0.717) is 38.5 Å². The van der Waals surface area contributed by atoms with E-state index in [0.717, 1.165) is 0 Å². The summed E-state index contributed by atoms with van der Waals surface area (Å²) in [6, 6.07) is -1.71. The summed E-state index contributed by atoms with van der Waals surface area (Å²) in [7, 11) is -16.2. The van der Waals surface area contributed by atoms with Crippen molar-refractivity contribution in [2.75, 3.05) is 49.2 Å². The fourth-order valence-electron chi connectivity index (χ4n) is 4.39. The van der Waals surface area contributed by atoms with E-state index < -0.39 is 87.5 Å². The molecule has 0 amide bonds. The van der Waals surface area contributed by atoms with E-state index in [1.807, 2.05) is 0 Å². The molecule has 4 N–H and O–H groups in total. The maximum Gasteiger partial charge on any atom is 1.00 e. The molecule has 0 aliphatic rings. The molecule has 276 valence electrons. The van der Waals surface area contributed by atoms with Gasteiger partial charge in [0.25, 0.3) is 40.5 Å². The largest absolute Gasteiger partial charge is 1.00 e. The van der Waals surface area contributed by atoms with Gasteiger partial charge in [-0.2, -0.15) is 33.7 Å². The van der Waals surface area contributed by atoms with E-state index in [2.05, 4.69) is 0 Å². The summed E-state index contributed by atoms with van der Waals surface area (Å²) >= 11 is 0. The minimum Gasteiger partial charge on any atom is -0.548 e. The van der Waals surface area contributed by atoms with Crippen LogP contribution in [0.5, 0.6) is 0 Å². The average Bonchev–Trinajstić information content (AvgIpc) is 2.87. The monoisotopic (exact) mass is 794 g/mol. The molecule has 0 aromatic rings. The maximum absolute atomic E-state index is 11.1. The van der Waals surface area contributed by atoms with Crippen molar-refractivity contribution in [2.24, 2.45) is 0 Å². The molecule has 0 spiro atoms. The number of carbonyl (C=O) groups excluding carboxylic acids is 2. The number of aliphatic carboxylic acids is 2. The normalized spacial score (nSPS) is 13.5. The molecule has 2 atom stereocenters. The second-order valence-corrected chi connectivity index (χ2v) is 16.8. The Bertz CT molecular complexity index is 1150. The Morgan fingerprint density at radius 2 is 0.667 bits per heavy atom. The van der Waals surface area contributed by atoms with E-state index in [-0.39, 0.29) is 111 Å². The third-order valence-corrected chi connectivity index (χ3v) is 9.81. The van der Waals surface area contributed by atoms with Gasteiger partial charge in [-0.15, -0.1) is 0 Å². The molecule has 0 unspecified atom stereocenters. The Morgan fingerprint density at radius 3 is 0.792 bits per heavy atom. The molecule has 48 heavy (non-hydrogen) atoms. The fourth-order valence-corrected chi connectivity index (χ4v) is 6.67. The number of carbonyl (C=O) groups is 2. The van der Waals surface area contributed by atoms with Crippen LogP contribution >= 0.6 is 0 Å². The smallest absolute Gasteiger partial charge is 0.548 e. The molecule has 0 rings (SSSR count). The first-order valence-corrected chi connectivity index (χ1v) is 21.1. The zero-order valence-electron chi connectivity index (χ0n) is 28.1. The molecule has 0 aliphatic carbocycles. The SMILES string of the molecule is CC[C@@H](C(=O)[O-])N(CCCCS(=O)(=O)O)CCCCS(=O)(=O)O.CC[C@@H](C(=O)[O-])N(CCCCS(=O)(=O)O)CCCCS(=O)(=O)O.[Na+].[Na+]. The molecule has 0 fully saturated rings. The minimum atomic E-state index is -4.04. The number of hydrogen-bond acceptors (Lipinski definition) is 14. The number of rotatable bonds is 26. The molecule has 0 saturated carbocycles. The molecule has 0 bridgehead atoms. The van der Waals surface area contributed by atoms with Crippen LogP contribution in [0.3, 0.4) is 0 Å². The number of nitrogens with zero attached hydrogens (tertiary/aromatic N) is 2. The van der Waals surface area contributed by atoms with Crippen molar-refractivity contribution in [3.05, 3.63) is 0 Å². The molecule has 0 aliphatic heterocycles. The fraction of sp³-hybridized carbons (Fsp3) is 0.917. The zero-order chi connectivity index (χ0) is 36.2. The van der Waals surface area contributed by atoms with Crippen LogP contribution in [0.15, 0.2) is 0 Å². The van der Waals surface area contributed by atoms with E-state index in [9.17, 15) is 53.5 Å². The summed E-state index contributed by atoms with van der Waals surface area (Å²) in [6.45, 7) is 4.48. The first-order valence-electron chi connectivity index (χ1n) is 14.6. The molecular weight excluding hydrogens is 747 g/mol. The Labute approximate surface area is 329 Å². The quantitative estimate of drug-likeness (QED) is 0.0359. The van der Waals surface area contributed by atoms with Crippen LogP contribution in [0.4, 0.5) is 0 Å². The van der Waals surface area contributed by atoms with Gasteiger partial charge in [-0.3, -0.25) is 28.0 Å². The Kier molecular flexibility index (Phi) is 32.3. The second kappa shape index (κ2) is 28.1. The molecule has 0 radical (unpaired) electrons. The Balaban J connectivity index is -0.000000387. The third-order valence-electron chi connectivity index (χ3n) is 6.59. The summed E-state index contributed by atoms with van der Waals surface area (Å²) in [5.41, 5.74) is 0. The predicted molar refractivity (Wildman–Crippen MR) is 164 cm³/mol. The van der Waals surface area contributed by atoms with Crippen molar-refractivity contribution in [1.82, 2.24) is 9.80 Å². The van der Waals surface area contributed by atoms with Crippen LogP contribution in [-0.2, 0) is 50.1 Å². The second-order valence-electron chi connectivity index (χ2n) is 10.5. The van der Waals surface area contributed by atoms with Crippen molar-refractivity contribution in [3.8, 4) is 0 Å². The Morgan fingerprint density at radius 1 is 0.479 bits per heavy atom. The van der Waals surface area contributed by atoms with Gasteiger partial charge >= 0.3 is 59.1 Å². The number of carboxylic acid groups (broad SMARTS) is 2. The average molecular weight is 795 g/mol. The van der Waals surface area contributed by atoms with Crippen molar-refractivity contribution >= 4 is 52.4 Å². The van der Waals surface area contributed by atoms with Crippen LogP contribution in [-0.4, -0.2) is 135 Å². The van der Waals surface area contributed by atoms with Gasteiger partial charge in [0.1, 0.15) is 0 Å². The van der Waals surface area contributed by atoms with Crippen molar-refractivity contribution in [1.29, 1.82) is 0 Å². The Hall–Kier alpha value is 0.500. The van der Waals surface area contributed by atoms with Gasteiger partial charge in [-0.1, -0.05) is 13.8 Å². The minimum absolute atomic E-state index is 0. The first kappa shape index (κ1) is 55.3. The van der Waals surface area contributed by atoms with Crippen LogP contribution in [0.25, 0.3) is 0 Å². The summed E-state index contributed by atoms with van der Waals surface area (Å²) in [4.78, 5) is 25.4. The van der Waals surface area contributed by atoms with Gasteiger partial charge in [-0.25, -0.2) is 0 Å². The van der Waals surface area contributed by atoms with Crippen molar-refractivity contribution < 1.29 is 131 Å². The summed E-state index contributed by atoms with van der Waals surface area (Å²) in [5.74, 6) is -4.09. The van der Waals surface area contributed by atoms with E-state index in [1.165, 1.54) is 0 Å². The summed E-state index contributed by atoms with van der Waals surface area (Å²) in [5, 5.41) is 22.3. The van der Waals surface area contributed by atoms with E-state index >= 15 is 0 Å².